The van der Waals surface area contributed by atoms with E-state index in [0.717, 1.165) is 5.56 Å². The maximum absolute atomic E-state index is 13.0. The second kappa shape index (κ2) is 9.80. The van der Waals surface area contributed by atoms with Crippen LogP contribution in [0.25, 0.3) is 0 Å². The lowest BCUT2D eigenvalue weighted by Gasteiger charge is -2.34. The third-order valence-electron chi connectivity index (χ3n) is 5.81. The number of amides is 2. The van der Waals surface area contributed by atoms with Gasteiger partial charge in [-0.2, -0.15) is 0 Å². The van der Waals surface area contributed by atoms with Gasteiger partial charge >= 0.3 is 12.0 Å². The molecule has 0 saturated carbocycles. The van der Waals surface area contributed by atoms with Crippen molar-refractivity contribution in [1.29, 1.82) is 0 Å². The van der Waals surface area contributed by atoms with E-state index < -0.39 is 27.9 Å². The van der Waals surface area contributed by atoms with E-state index >= 15 is 0 Å². The largest absolute Gasteiger partial charge is 0.468 e. The molecule has 176 valence electrons. The summed E-state index contributed by atoms with van der Waals surface area (Å²) in [4.78, 5) is 27.5. The summed E-state index contributed by atoms with van der Waals surface area (Å²) in [6.07, 6.45) is 2.03. The number of urea groups is 1. The Bertz CT molecular complexity index is 1130. The molecule has 4 rings (SSSR count). The lowest BCUT2D eigenvalue weighted by atomic mass is 9.95. The molecule has 0 radical (unpaired) electrons. The fraction of sp³-hybridized carbons (Fsp3) is 0.391. The monoisotopic (exact) mass is 473 g/mol. The standard InChI is InChI=1S/C23H27N3O6S/c1-2-31-22(27)20-19(24-23(28)25-21(20)16-7-4-3-5-8-16)14-26(13-18-9-6-11-32-18)17-10-12-33(29,30)15-17/h3-9,11,17,21H,2,10,12-15H2,1H3,(H2,24,25,28). The summed E-state index contributed by atoms with van der Waals surface area (Å²) >= 11 is 0. The van der Waals surface area contributed by atoms with Crippen molar-refractivity contribution >= 4 is 21.8 Å². The first kappa shape index (κ1) is 23.1. The van der Waals surface area contributed by atoms with E-state index in [4.69, 9.17) is 9.15 Å². The second-order valence-electron chi connectivity index (χ2n) is 8.10. The molecule has 0 bridgehead atoms. The van der Waals surface area contributed by atoms with Crippen molar-refractivity contribution in [3.63, 3.8) is 0 Å². The van der Waals surface area contributed by atoms with Crippen LogP contribution in [0.2, 0.25) is 0 Å². The predicted molar refractivity (Wildman–Crippen MR) is 121 cm³/mol. The summed E-state index contributed by atoms with van der Waals surface area (Å²) < 4.78 is 35.2. The zero-order valence-corrected chi connectivity index (χ0v) is 19.1. The molecule has 2 aromatic rings. The number of esters is 1. The van der Waals surface area contributed by atoms with E-state index in [2.05, 4.69) is 10.6 Å². The van der Waals surface area contributed by atoms with Gasteiger partial charge in [-0.25, -0.2) is 18.0 Å². The van der Waals surface area contributed by atoms with Gasteiger partial charge in [0.15, 0.2) is 9.84 Å². The Hall–Kier alpha value is -3.11. The Morgan fingerprint density at radius 2 is 1.97 bits per heavy atom. The molecule has 1 aromatic heterocycles. The highest BCUT2D eigenvalue weighted by molar-refractivity contribution is 7.91. The van der Waals surface area contributed by atoms with Crippen LogP contribution in [-0.2, 0) is 25.9 Å². The Kier molecular flexibility index (Phi) is 6.85. The van der Waals surface area contributed by atoms with Gasteiger partial charge in [-0.3, -0.25) is 4.90 Å². The van der Waals surface area contributed by atoms with E-state index in [-0.39, 0.29) is 30.7 Å². The molecule has 0 spiro atoms. The highest BCUT2D eigenvalue weighted by Gasteiger charge is 2.37. The van der Waals surface area contributed by atoms with Gasteiger partial charge in [0.2, 0.25) is 0 Å². The summed E-state index contributed by atoms with van der Waals surface area (Å²) in [6, 6.07) is 11.4. The molecule has 0 aliphatic carbocycles. The number of rotatable bonds is 8. The summed E-state index contributed by atoms with van der Waals surface area (Å²) in [5.74, 6) is 0.254. The van der Waals surface area contributed by atoms with Crippen LogP contribution in [0.1, 0.15) is 30.7 Å². The van der Waals surface area contributed by atoms with Gasteiger partial charge in [0.05, 0.1) is 42.5 Å². The van der Waals surface area contributed by atoms with Gasteiger partial charge < -0.3 is 19.8 Å². The summed E-state index contributed by atoms with van der Waals surface area (Å²) in [6.45, 7) is 2.40. The zero-order valence-electron chi connectivity index (χ0n) is 18.3. The number of sulfone groups is 1. The van der Waals surface area contributed by atoms with E-state index in [1.807, 2.05) is 41.3 Å². The quantitative estimate of drug-likeness (QED) is 0.564. The maximum Gasteiger partial charge on any atom is 0.338 e. The van der Waals surface area contributed by atoms with Crippen LogP contribution in [0.4, 0.5) is 4.79 Å². The fourth-order valence-electron chi connectivity index (χ4n) is 4.27. The number of ether oxygens (including phenoxy) is 1. The van der Waals surface area contributed by atoms with Crippen LogP contribution in [0.5, 0.6) is 0 Å². The third-order valence-corrected chi connectivity index (χ3v) is 7.56. The fourth-order valence-corrected chi connectivity index (χ4v) is 6.03. The van der Waals surface area contributed by atoms with Crippen LogP contribution in [0.3, 0.4) is 0 Å². The molecule has 2 N–H and O–H groups in total. The first-order valence-electron chi connectivity index (χ1n) is 10.9. The average molecular weight is 474 g/mol. The summed E-state index contributed by atoms with van der Waals surface area (Å²) in [7, 11) is -3.14. The number of hydrogen-bond acceptors (Lipinski definition) is 7. The zero-order chi connectivity index (χ0) is 23.4. The minimum atomic E-state index is -3.14. The first-order valence-corrected chi connectivity index (χ1v) is 12.7. The number of nitrogens with zero attached hydrogens (tertiary/aromatic N) is 1. The maximum atomic E-state index is 13.0. The Morgan fingerprint density at radius 1 is 1.18 bits per heavy atom. The van der Waals surface area contributed by atoms with E-state index in [1.165, 1.54) is 0 Å². The molecule has 2 aliphatic rings. The smallest absolute Gasteiger partial charge is 0.338 e. The van der Waals surface area contributed by atoms with Gasteiger partial charge in [-0.15, -0.1) is 0 Å². The molecule has 2 unspecified atom stereocenters. The number of hydrogen-bond donors (Lipinski definition) is 2. The van der Waals surface area contributed by atoms with E-state index in [9.17, 15) is 18.0 Å². The van der Waals surface area contributed by atoms with Gasteiger partial charge in [-0.05, 0) is 31.0 Å². The molecule has 1 saturated heterocycles. The first-order chi connectivity index (χ1) is 15.9. The van der Waals surface area contributed by atoms with Crippen molar-refractivity contribution in [3.8, 4) is 0 Å². The van der Waals surface area contributed by atoms with Gasteiger partial charge in [0.1, 0.15) is 5.76 Å². The van der Waals surface area contributed by atoms with Crippen LogP contribution in [0, 0.1) is 0 Å². The lowest BCUT2D eigenvalue weighted by Crippen LogP contribution is -2.49. The van der Waals surface area contributed by atoms with Crippen LogP contribution in [0.15, 0.2) is 64.4 Å². The Balaban J connectivity index is 1.73. The lowest BCUT2D eigenvalue weighted by molar-refractivity contribution is -0.139. The highest BCUT2D eigenvalue weighted by atomic mass is 32.2. The van der Waals surface area contributed by atoms with Gasteiger partial charge in [-0.1, -0.05) is 30.3 Å². The summed E-state index contributed by atoms with van der Waals surface area (Å²) in [5, 5.41) is 5.58. The van der Waals surface area contributed by atoms with Crippen molar-refractivity contribution in [3.05, 3.63) is 71.3 Å². The normalized spacial score (nSPS) is 22.2. The molecule has 2 amide bonds. The van der Waals surface area contributed by atoms with Crippen molar-refractivity contribution in [2.75, 3.05) is 24.7 Å². The number of nitrogens with one attached hydrogen (secondary N) is 2. The molecular formula is C23H27N3O6S. The topological polar surface area (TPSA) is 118 Å². The third kappa shape index (κ3) is 5.45. The molecule has 1 fully saturated rings. The second-order valence-corrected chi connectivity index (χ2v) is 10.3. The van der Waals surface area contributed by atoms with Crippen molar-refractivity contribution in [1.82, 2.24) is 15.5 Å². The minimum absolute atomic E-state index is 0.0179. The Morgan fingerprint density at radius 3 is 2.61 bits per heavy atom. The SMILES string of the molecule is CCOC(=O)C1=C(CN(Cc2ccco2)C2CCS(=O)(=O)C2)NC(=O)NC1c1ccccc1. The van der Waals surface area contributed by atoms with Crippen LogP contribution >= 0.6 is 0 Å². The molecular weight excluding hydrogens is 446 g/mol. The molecule has 9 nitrogen and oxygen atoms in total. The van der Waals surface area contributed by atoms with Crippen molar-refractivity contribution in [2.45, 2.75) is 32.0 Å². The molecule has 10 heteroatoms. The average Bonchev–Trinajstić information content (AvgIpc) is 3.42. The van der Waals surface area contributed by atoms with Crippen LogP contribution < -0.4 is 10.6 Å². The predicted octanol–water partition coefficient (Wildman–Crippen LogP) is 2.14. The van der Waals surface area contributed by atoms with E-state index in [0.29, 0.717) is 30.0 Å². The molecule has 2 aliphatic heterocycles. The van der Waals surface area contributed by atoms with Crippen LogP contribution in [-0.4, -0.2) is 56.0 Å². The molecule has 3 heterocycles. The van der Waals surface area contributed by atoms with Crippen molar-refractivity contribution in [2.24, 2.45) is 0 Å². The van der Waals surface area contributed by atoms with Gasteiger partial charge in [0, 0.05) is 18.3 Å². The molecule has 33 heavy (non-hydrogen) atoms. The summed E-state index contributed by atoms with van der Waals surface area (Å²) in [5.41, 5.74) is 1.43. The molecule has 1 aromatic carbocycles. The number of carbonyl (C=O) groups excluding carboxylic acids is 2. The minimum Gasteiger partial charge on any atom is -0.468 e. The number of carbonyl (C=O) groups is 2. The highest BCUT2D eigenvalue weighted by Crippen LogP contribution is 2.29. The van der Waals surface area contributed by atoms with Crippen molar-refractivity contribution < 1.29 is 27.2 Å². The molecule has 2 atom stereocenters. The number of furan rings is 1. The van der Waals surface area contributed by atoms with E-state index in [1.54, 1.807) is 19.3 Å². The van der Waals surface area contributed by atoms with Gasteiger partial charge in [0.25, 0.3) is 0 Å². The number of benzene rings is 1. The Labute approximate surface area is 192 Å².